The van der Waals surface area contributed by atoms with E-state index in [1.165, 1.54) is 16.5 Å². The first-order valence-electron chi connectivity index (χ1n) is 10.6. The van der Waals surface area contributed by atoms with Crippen molar-refractivity contribution in [2.45, 2.75) is 19.3 Å². The maximum atomic E-state index is 5.31. The molecule has 5 rings (SSSR count). The van der Waals surface area contributed by atoms with E-state index in [1.54, 1.807) is 7.11 Å². The topological polar surface area (TPSA) is 49.9 Å². The Kier molecular flexibility index (Phi) is 5.28. The fourth-order valence-electron chi connectivity index (χ4n) is 4.10. The molecule has 154 valence electrons. The lowest BCUT2D eigenvalue weighted by Gasteiger charge is -2.10. The van der Waals surface area contributed by atoms with Crippen molar-refractivity contribution in [2.75, 3.05) is 12.4 Å². The largest absolute Gasteiger partial charge is 0.497 e. The van der Waals surface area contributed by atoms with Crippen LogP contribution in [0.2, 0.25) is 0 Å². The minimum atomic E-state index is 0.884. The molecule has 2 aromatic heterocycles. The molecular formula is C27H25N3O. The first-order valence-corrected chi connectivity index (χ1v) is 10.6. The second-order valence-corrected chi connectivity index (χ2v) is 7.78. The molecule has 5 aromatic rings. The molecule has 0 saturated carbocycles. The number of anilines is 2. The Balaban J connectivity index is 1.22. The number of pyridine rings is 1. The van der Waals surface area contributed by atoms with Crippen LogP contribution in [-0.2, 0) is 12.8 Å². The number of nitrogens with zero attached hydrogens (tertiary/aromatic N) is 1. The molecule has 3 aromatic carbocycles. The van der Waals surface area contributed by atoms with Crippen molar-refractivity contribution in [3.63, 3.8) is 0 Å². The Morgan fingerprint density at radius 2 is 1.77 bits per heavy atom. The fraction of sp³-hybridized carbons (Fsp3) is 0.148. The summed E-state index contributed by atoms with van der Waals surface area (Å²) in [5.41, 5.74) is 7.01. The van der Waals surface area contributed by atoms with Crippen LogP contribution in [0.1, 0.15) is 17.5 Å². The number of para-hydroxylation sites is 1. The van der Waals surface area contributed by atoms with Crippen LogP contribution < -0.4 is 10.1 Å². The van der Waals surface area contributed by atoms with E-state index in [4.69, 9.17) is 4.74 Å². The van der Waals surface area contributed by atoms with Crippen LogP contribution in [0.5, 0.6) is 5.75 Å². The van der Waals surface area contributed by atoms with Crippen molar-refractivity contribution in [1.29, 1.82) is 0 Å². The summed E-state index contributed by atoms with van der Waals surface area (Å²) in [4.78, 5) is 7.79. The van der Waals surface area contributed by atoms with Crippen LogP contribution in [0, 0.1) is 0 Å². The van der Waals surface area contributed by atoms with E-state index < -0.39 is 0 Å². The van der Waals surface area contributed by atoms with Crippen LogP contribution in [-0.4, -0.2) is 17.1 Å². The Bertz CT molecular complexity index is 1320. The number of benzene rings is 3. The summed E-state index contributed by atoms with van der Waals surface area (Å²) in [6.45, 7) is 0. The van der Waals surface area contributed by atoms with Gasteiger partial charge in [0.1, 0.15) is 5.75 Å². The van der Waals surface area contributed by atoms with Crippen molar-refractivity contribution in [3.05, 3.63) is 96.3 Å². The minimum absolute atomic E-state index is 0.884. The van der Waals surface area contributed by atoms with Gasteiger partial charge in [0.05, 0.1) is 12.6 Å². The standard InChI is InChI=1S/C27H25N3O/c1-31-22-13-14-23-20(18-29-27(23)17-22)6-4-5-19-9-11-21(12-10-19)30-26-15-16-28-25-8-3-2-7-24(25)26/h2-3,7-18,29H,4-6H2,1H3,(H,28,30). The van der Waals surface area contributed by atoms with Gasteiger partial charge in [-0.15, -0.1) is 0 Å². The molecule has 4 heteroatoms. The summed E-state index contributed by atoms with van der Waals surface area (Å²) < 4.78 is 5.31. The average Bonchev–Trinajstić information content (AvgIpc) is 3.22. The van der Waals surface area contributed by atoms with Crippen LogP contribution >= 0.6 is 0 Å². The number of hydrogen-bond donors (Lipinski definition) is 2. The van der Waals surface area contributed by atoms with Crippen LogP contribution in [0.15, 0.2) is 85.2 Å². The lowest BCUT2D eigenvalue weighted by Crippen LogP contribution is -1.94. The molecule has 0 aliphatic heterocycles. The van der Waals surface area contributed by atoms with Gasteiger partial charge in [-0.25, -0.2) is 0 Å². The number of nitrogens with one attached hydrogen (secondary N) is 2. The van der Waals surface area contributed by atoms with Gasteiger partial charge in [0.25, 0.3) is 0 Å². The number of H-pyrrole nitrogens is 1. The summed E-state index contributed by atoms with van der Waals surface area (Å²) in [6, 6.07) is 25.2. The van der Waals surface area contributed by atoms with Gasteiger partial charge >= 0.3 is 0 Å². The molecule has 4 nitrogen and oxygen atoms in total. The lowest BCUT2D eigenvalue weighted by molar-refractivity contribution is 0.415. The number of aromatic amines is 1. The molecular weight excluding hydrogens is 382 g/mol. The van der Waals surface area contributed by atoms with Crippen molar-refractivity contribution in [2.24, 2.45) is 0 Å². The van der Waals surface area contributed by atoms with Crippen LogP contribution in [0.25, 0.3) is 21.8 Å². The number of rotatable bonds is 7. The summed E-state index contributed by atoms with van der Waals surface area (Å²) in [5, 5.41) is 5.94. The highest BCUT2D eigenvalue weighted by molar-refractivity contribution is 5.92. The highest BCUT2D eigenvalue weighted by Crippen LogP contribution is 2.26. The number of hydrogen-bond acceptors (Lipinski definition) is 3. The Labute approximate surface area is 181 Å². The molecule has 0 aliphatic rings. The van der Waals surface area contributed by atoms with Crippen LogP contribution in [0.3, 0.4) is 0 Å². The van der Waals surface area contributed by atoms with Gasteiger partial charge in [-0.1, -0.05) is 30.3 Å². The molecule has 2 heterocycles. The Morgan fingerprint density at radius 1 is 0.903 bits per heavy atom. The monoisotopic (exact) mass is 407 g/mol. The number of ether oxygens (including phenoxy) is 1. The molecule has 0 amide bonds. The van der Waals surface area contributed by atoms with E-state index in [0.29, 0.717) is 0 Å². The summed E-state index contributed by atoms with van der Waals surface area (Å²) in [6.07, 6.45) is 7.19. The van der Waals surface area contributed by atoms with Gasteiger partial charge in [-0.3, -0.25) is 4.98 Å². The third kappa shape index (κ3) is 4.10. The van der Waals surface area contributed by atoms with E-state index in [9.17, 15) is 0 Å². The van der Waals surface area contributed by atoms with Gasteiger partial charge in [-0.2, -0.15) is 0 Å². The third-order valence-corrected chi connectivity index (χ3v) is 5.77. The van der Waals surface area contributed by atoms with Gasteiger partial charge < -0.3 is 15.0 Å². The molecule has 31 heavy (non-hydrogen) atoms. The van der Waals surface area contributed by atoms with Crippen LogP contribution in [0.4, 0.5) is 11.4 Å². The molecule has 0 bridgehead atoms. The summed E-state index contributed by atoms with van der Waals surface area (Å²) in [7, 11) is 1.70. The smallest absolute Gasteiger partial charge is 0.120 e. The average molecular weight is 408 g/mol. The molecule has 0 atom stereocenters. The van der Waals surface area contributed by atoms with Crippen molar-refractivity contribution in [3.8, 4) is 5.75 Å². The minimum Gasteiger partial charge on any atom is -0.497 e. The number of aryl methyl sites for hydroxylation is 2. The molecule has 0 saturated heterocycles. The zero-order chi connectivity index (χ0) is 21.0. The number of aromatic nitrogens is 2. The van der Waals surface area contributed by atoms with Gasteiger partial charge in [0, 0.05) is 46.1 Å². The first kappa shape index (κ1) is 19.2. The van der Waals surface area contributed by atoms with Gasteiger partial charge in [-0.05, 0) is 66.8 Å². The highest BCUT2D eigenvalue weighted by Gasteiger charge is 2.06. The van der Waals surface area contributed by atoms with Gasteiger partial charge in [0.15, 0.2) is 0 Å². The molecule has 0 radical (unpaired) electrons. The number of methoxy groups -OCH3 is 1. The molecule has 0 aliphatic carbocycles. The van der Waals surface area contributed by atoms with E-state index in [0.717, 1.165) is 52.8 Å². The van der Waals surface area contributed by atoms with Crippen molar-refractivity contribution < 1.29 is 4.74 Å². The Hall–Kier alpha value is -3.79. The van der Waals surface area contributed by atoms with E-state index >= 15 is 0 Å². The second kappa shape index (κ2) is 8.52. The van der Waals surface area contributed by atoms with Crippen molar-refractivity contribution >= 4 is 33.2 Å². The SMILES string of the molecule is COc1ccc2c(CCCc3ccc(Nc4ccnc5ccccc45)cc3)c[nH]c2c1. The highest BCUT2D eigenvalue weighted by atomic mass is 16.5. The van der Waals surface area contributed by atoms with E-state index in [-0.39, 0.29) is 0 Å². The molecule has 2 N–H and O–H groups in total. The predicted octanol–water partition coefficient (Wildman–Crippen LogP) is 6.64. The quantitative estimate of drug-likeness (QED) is 0.318. The van der Waals surface area contributed by atoms with E-state index in [1.807, 2.05) is 36.5 Å². The summed E-state index contributed by atoms with van der Waals surface area (Å²) >= 11 is 0. The second-order valence-electron chi connectivity index (χ2n) is 7.78. The predicted molar refractivity (Wildman–Crippen MR) is 128 cm³/mol. The summed E-state index contributed by atoms with van der Waals surface area (Å²) in [5.74, 6) is 0.884. The number of fused-ring (bicyclic) bond motifs is 2. The maximum Gasteiger partial charge on any atom is 0.120 e. The fourth-order valence-corrected chi connectivity index (χ4v) is 4.10. The van der Waals surface area contributed by atoms with Crippen molar-refractivity contribution in [1.82, 2.24) is 9.97 Å². The Morgan fingerprint density at radius 3 is 2.65 bits per heavy atom. The molecule has 0 unspecified atom stereocenters. The first-order chi connectivity index (χ1) is 15.3. The zero-order valence-corrected chi connectivity index (χ0v) is 17.6. The molecule has 0 fully saturated rings. The maximum absolute atomic E-state index is 5.31. The van der Waals surface area contributed by atoms with E-state index in [2.05, 4.69) is 63.9 Å². The third-order valence-electron chi connectivity index (χ3n) is 5.77. The lowest BCUT2D eigenvalue weighted by atomic mass is 10.0. The molecule has 0 spiro atoms. The zero-order valence-electron chi connectivity index (χ0n) is 17.6. The van der Waals surface area contributed by atoms with Gasteiger partial charge in [0.2, 0.25) is 0 Å². The normalized spacial score (nSPS) is 11.1.